The lowest BCUT2D eigenvalue weighted by atomic mass is 9.86. The minimum atomic E-state index is -0.613. The zero-order valence-electron chi connectivity index (χ0n) is 18.8. The van der Waals surface area contributed by atoms with Crippen molar-refractivity contribution in [3.05, 3.63) is 66.4 Å². The summed E-state index contributed by atoms with van der Waals surface area (Å²) in [6.45, 7) is 3.66. The molecule has 0 unspecified atom stereocenters. The van der Waals surface area contributed by atoms with Crippen molar-refractivity contribution in [3.8, 4) is 28.8 Å². The number of aromatic hydroxyl groups is 1. The summed E-state index contributed by atoms with van der Waals surface area (Å²) in [5.41, 5.74) is 3.08. The topological polar surface area (TPSA) is 133 Å². The number of phenols is 1. The number of pyridine rings is 1. The molecule has 3 N–H and O–H groups in total. The van der Waals surface area contributed by atoms with Crippen LogP contribution in [0.5, 0.6) is 11.5 Å². The number of anilines is 2. The molecule has 0 saturated carbocycles. The maximum absolute atomic E-state index is 12.4. The molecular formula is C25H22N6O3. The Morgan fingerprint density at radius 1 is 1.06 bits per heavy atom. The van der Waals surface area contributed by atoms with Crippen LogP contribution in [0.1, 0.15) is 19.4 Å². The molecule has 0 fully saturated rings. The highest BCUT2D eigenvalue weighted by atomic mass is 16.5. The number of benzene rings is 2. The summed E-state index contributed by atoms with van der Waals surface area (Å²) in [5.74, 6) is 0.606. The van der Waals surface area contributed by atoms with Gasteiger partial charge >= 0.3 is 6.03 Å². The highest BCUT2D eigenvalue weighted by molar-refractivity contribution is 5.99. The van der Waals surface area contributed by atoms with Gasteiger partial charge in [-0.15, -0.1) is 0 Å². The number of nitriles is 1. The van der Waals surface area contributed by atoms with Gasteiger partial charge in [-0.05, 0) is 61.9 Å². The lowest BCUT2D eigenvalue weighted by molar-refractivity contribution is 0.262. The van der Waals surface area contributed by atoms with Gasteiger partial charge in [0, 0.05) is 11.3 Å². The first-order valence-corrected chi connectivity index (χ1v) is 10.4. The molecule has 0 aliphatic rings. The number of carbonyl (C=O) groups excluding carboxylic acids is 1. The van der Waals surface area contributed by atoms with Crippen LogP contribution in [0.4, 0.5) is 16.3 Å². The summed E-state index contributed by atoms with van der Waals surface area (Å²) in [6, 6.07) is 17.3. The number of nitrogens with zero attached hydrogens (tertiary/aromatic N) is 4. The molecule has 0 aliphatic carbocycles. The SMILES string of the molecule is COc1cc(-c2ccc3ncc(NC(=O)Nc4ccc(C(C)(C)C#N)cc4)nc3n2)ccc1O. The third-order valence-corrected chi connectivity index (χ3v) is 5.27. The summed E-state index contributed by atoms with van der Waals surface area (Å²) in [6.07, 6.45) is 1.45. The van der Waals surface area contributed by atoms with E-state index >= 15 is 0 Å². The highest BCUT2D eigenvalue weighted by Crippen LogP contribution is 2.31. The number of hydrogen-bond donors (Lipinski definition) is 3. The van der Waals surface area contributed by atoms with Gasteiger partial charge in [0.2, 0.25) is 0 Å². The van der Waals surface area contributed by atoms with Crippen LogP contribution < -0.4 is 15.4 Å². The van der Waals surface area contributed by atoms with E-state index in [0.29, 0.717) is 28.3 Å². The second kappa shape index (κ2) is 9.03. The summed E-state index contributed by atoms with van der Waals surface area (Å²) in [7, 11) is 1.47. The van der Waals surface area contributed by atoms with E-state index in [0.717, 1.165) is 11.1 Å². The molecule has 170 valence electrons. The van der Waals surface area contributed by atoms with E-state index in [4.69, 9.17) is 4.74 Å². The molecule has 0 radical (unpaired) electrons. The third kappa shape index (κ3) is 4.71. The van der Waals surface area contributed by atoms with Crippen LogP contribution in [-0.2, 0) is 5.41 Å². The summed E-state index contributed by atoms with van der Waals surface area (Å²) < 4.78 is 5.16. The van der Waals surface area contributed by atoms with Crippen LogP contribution in [0.3, 0.4) is 0 Å². The minimum Gasteiger partial charge on any atom is -0.504 e. The maximum Gasteiger partial charge on any atom is 0.324 e. The molecule has 4 rings (SSSR count). The average Bonchev–Trinajstić information content (AvgIpc) is 2.84. The molecule has 4 aromatic rings. The molecule has 9 nitrogen and oxygen atoms in total. The molecule has 0 atom stereocenters. The molecule has 2 amide bonds. The van der Waals surface area contributed by atoms with Crippen molar-refractivity contribution in [1.29, 1.82) is 5.26 Å². The lowest BCUT2D eigenvalue weighted by Gasteiger charge is -2.16. The number of carbonyl (C=O) groups is 1. The second-order valence-electron chi connectivity index (χ2n) is 8.07. The number of nitrogens with one attached hydrogen (secondary N) is 2. The van der Waals surface area contributed by atoms with E-state index in [2.05, 4.69) is 31.7 Å². The van der Waals surface area contributed by atoms with Crippen molar-refractivity contribution in [2.45, 2.75) is 19.3 Å². The van der Waals surface area contributed by atoms with Gasteiger partial charge in [0.15, 0.2) is 23.0 Å². The molecule has 2 aromatic heterocycles. The van der Waals surface area contributed by atoms with Crippen LogP contribution in [-0.4, -0.2) is 33.2 Å². The Bertz CT molecular complexity index is 1410. The number of fused-ring (bicyclic) bond motifs is 1. The Hall–Kier alpha value is -4.71. The van der Waals surface area contributed by atoms with Gasteiger partial charge < -0.3 is 15.2 Å². The third-order valence-electron chi connectivity index (χ3n) is 5.27. The Kier molecular flexibility index (Phi) is 5.97. The van der Waals surface area contributed by atoms with E-state index in [9.17, 15) is 15.2 Å². The average molecular weight is 454 g/mol. The van der Waals surface area contributed by atoms with Gasteiger partial charge in [-0.25, -0.2) is 19.7 Å². The van der Waals surface area contributed by atoms with Crippen LogP contribution in [0.15, 0.2) is 60.8 Å². The van der Waals surface area contributed by atoms with Crippen LogP contribution >= 0.6 is 0 Å². The van der Waals surface area contributed by atoms with Gasteiger partial charge in [0.1, 0.15) is 5.52 Å². The molecule has 34 heavy (non-hydrogen) atoms. The molecule has 0 aliphatic heterocycles. The Morgan fingerprint density at radius 2 is 1.82 bits per heavy atom. The monoisotopic (exact) mass is 454 g/mol. The van der Waals surface area contributed by atoms with Crippen LogP contribution in [0, 0.1) is 11.3 Å². The number of phenolic OH excluding ortho intramolecular Hbond substituents is 1. The number of aromatic nitrogens is 3. The van der Waals surface area contributed by atoms with Gasteiger partial charge in [-0.1, -0.05) is 12.1 Å². The quantitative estimate of drug-likeness (QED) is 0.392. The zero-order valence-corrected chi connectivity index (χ0v) is 18.8. The Morgan fingerprint density at radius 3 is 2.53 bits per heavy atom. The molecule has 0 spiro atoms. The lowest BCUT2D eigenvalue weighted by Crippen LogP contribution is -2.20. The van der Waals surface area contributed by atoms with Crippen molar-refractivity contribution in [2.75, 3.05) is 17.7 Å². The molecule has 2 aromatic carbocycles. The van der Waals surface area contributed by atoms with Crippen molar-refractivity contribution < 1.29 is 14.6 Å². The predicted molar refractivity (Wildman–Crippen MR) is 129 cm³/mol. The van der Waals surface area contributed by atoms with E-state index in [1.807, 2.05) is 13.8 Å². The van der Waals surface area contributed by atoms with Crippen LogP contribution in [0.25, 0.3) is 22.4 Å². The molecule has 9 heteroatoms. The molecular weight excluding hydrogens is 432 g/mol. The summed E-state index contributed by atoms with van der Waals surface area (Å²) in [4.78, 5) is 25.7. The largest absolute Gasteiger partial charge is 0.504 e. The van der Waals surface area contributed by atoms with E-state index in [-0.39, 0.29) is 11.6 Å². The zero-order chi connectivity index (χ0) is 24.3. The normalized spacial score (nSPS) is 11.0. The van der Waals surface area contributed by atoms with Crippen molar-refractivity contribution in [3.63, 3.8) is 0 Å². The fourth-order valence-corrected chi connectivity index (χ4v) is 3.27. The standard InChI is InChI=1S/C25H22N6O3/c1-25(2,14-26)16-5-7-17(8-6-16)28-24(33)31-22-13-27-19-10-9-18(29-23(19)30-22)15-4-11-20(32)21(12-15)34-3/h4-13,32H,1-3H3,(H2,28,29,30,31,33). The minimum absolute atomic E-state index is 0.0349. The number of methoxy groups -OCH3 is 1. The van der Waals surface area contributed by atoms with Gasteiger partial charge in [0.25, 0.3) is 0 Å². The fraction of sp³-hybridized carbons (Fsp3) is 0.160. The number of ether oxygens (including phenoxy) is 1. The first-order chi connectivity index (χ1) is 16.3. The summed E-state index contributed by atoms with van der Waals surface area (Å²) >= 11 is 0. The Balaban J connectivity index is 1.51. The first kappa shape index (κ1) is 22.5. The van der Waals surface area contributed by atoms with Crippen LogP contribution in [0.2, 0.25) is 0 Å². The van der Waals surface area contributed by atoms with Crippen molar-refractivity contribution in [1.82, 2.24) is 15.0 Å². The number of urea groups is 1. The van der Waals surface area contributed by atoms with Crippen molar-refractivity contribution >= 4 is 28.7 Å². The van der Waals surface area contributed by atoms with E-state index in [1.54, 1.807) is 48.5 Å². The van der Waals surface area contributed by atoms with Gasteiger partial charge in [-0.3, -0.25) is 5.32 Å². The van der Waals surface area contributed by atoms with Crippen molar-refractivity contribution in [2.24, 2.45) is 0 Å². The smallest absolute Gasteiger partial charge is 0.324 e. The number of amides is 2. The molecule has 0 bridgehead atoms. The van der Waals surface area contributed by atoms with E-state index in [1.165, 1.54) is 19.4 Å². The predicted octanol–water partition coefficient (Wildman–Crippen LogP) is 4.85. The maximum atomic E-state index is 12.4. The molecule has 2 heterocycles. The Labute approximate surface area is 196 Å². The highest BCUT2D eigenvalue weighted by Gasteiger charge is 2.19. The molecule has 0 saturated heterocycles. The van der Waals surface area contributed by atoms with Gasteiger partial charge in [-0.2, -0.15) is 5.26 Å². The number of hydrogen-bond acceptors (Lipinski definition) is 7. The number of rotatable bonds is 5. The first-order valence-electron chi connectivity index (χ1n) is 10.4. The fourth-order valence-electron chi connectivity index (χ4n) is 3.27. The summed E-state index contributed by atoms with van der Waals surface area (Å²) in [5, 5.41) is 24.5. The second-order valence-corrected chi connectivity index (χ2v) is 8.07. The van der Waals surface area contributed by atoms with E-state index < -0.39 is 11.4 Å². The van der Waals surface area contributed by atoms with Gasteiger partial charge in [0.05, 0.1) is 30.5 Å².